The van der Waals surface area contributed by atoms with Gasteiger partial charge in [-0.3, -0.25) is 5.84 Å². The molecule has 0 aliphatic heterocycles. The standard InChI is InChI=1S/C16H19N3OS/c1-9-4-5-14-12(6-9)7-15(20-14)13(19-17)8-16-18-10(2)11(3)21-16/h4-7,13,19H,8,17H2,1-3H3. The summed E-state index contributed by atoms with van der Waals surface area (Å²) < 4.78 is 5.92. The van der Waals surface area contributed by atoms with E-state index in [0.717, 1.165) is 33.9 Å². The van der Waals surface area contributed by atoms with Gasteiger partial charge in [0.15, 0.2) is 0 Å². The lowest BCUT2D eigenvalue weighted by atomic mass is 10.1. The van der Waals surface area contributed by atoms with Gasteiger partial charge in [0.05, 0.1) is 16.7 Å². The van der Waals surface area contributed by atoms with Gasteiger partial charge in [0.1, 0.15) is 11.3 Å². The molecule has 1 aromatic carbocycles. The zero-order valence-electron chi connectivity index (χ0n) is 12.4. The van der Waals surface area contributed by atoms with Crippen molar-refractivity contribution in [2.45, 2.75) is 33.2 Å². The van der Waals surface area contributed by atoms with E-state index in [-0.39, 0.29) is 6.04 Å². The monoisotopic (exact) mass is 301 g/mol. The lowest BCUT2D eigenvalue weighted by Gasteiger charge is -2.11. The number of benzene rings is 1. The Morgan fingerprint density at radius 2 is 2.10 bits per heavy atom. The molecule has 4 nitrogen and oxygen atoms in total. The van der Waals surface area contributed by atoms with Crippen LogP contribution in [0.15, 0.2) is 28.7 Å². The molecule has 3 aromatic rings. The van der Waals surface area contributed by atoms with Crippen LogP contribution in [0.2, 0.25) is 0 Å². The summed E-state index contributed by atoms with van der Waals surface area (Å²) in [5.41, 5.74) is 6.04. The summed E-state index contributed by atoms with van der Waals surface area (Å²) in [7, 11) is 0. The molecule has 0 saturated carbocycles. The van der Waals surface area contributed by atoms with E-state index < -0.39 is 0 Å². The minimum atomic E-state index is -0.0670. The third kappa shape index (κ3) is 2.85. The first kappa shape index (κ1) is 14.3. The predicted molar refractivity (Wildman–Crippen MR) is 86.3 cm³/mol. The molecule has 0 radical (unpaired) electrons. The molecule has 0 amide bonds. The van der Waals surface area contributed by atoms with Crippen molar-refractivity contribution < 1.29 is 4.42 Å². The molecule has 0 fully saturated rings. The van der Waals surface area contributed by atoms with Crippen molar-refractivity contribution in [3.63, 3.8) is 0 Å². The van der Waals surface area contributed by atoms with Crippen LogP contribution < -0.4 is 11.3 Å². The van der Waals surface area contributed by atoms with Crippen LogP contribution >= 0.6 is 11.3 Å². The predicted octanol–water partition coefficient (Wildman–Crippen LogP) is 3.56. The van der Waals surface area contributed by atoms with Crippen LogP contribution in [-0.4, -0.2) is 4.98 Å². The molecule has 0 aliphatic rings. The zero-order chi connectivity index (χ0) is 15.0. The van der Waals surface area contributed by atoms with Gasteiger partial charge in [-0.15, -0.1) is 11.3 Å². The number of aryl methyl sites for hydroxylation is 3. The Bertz CT molecular complexity index is 756. The molecule has 1 atom stereocenters. The van der Waals surface area contributed by atoms with Gasteiger partial charge in [-0.05, 0) is 39.0 Å². The summed E-state index contributed by atoms with van der Waals surface area (Å²) in [4.78, 5) is 5.82. The number of nitrogens with zero attached hydrogens (tertiary/aromatic N) is 1. The molecule has 0 saturated heterocycles. The zero-order valence-corrected chi connectivity index (χ0v) is 13.3. The summed E-state index contributed by atoms with van der Waals surface area (Å²) in [6, 6.07) is 8.16. The van der Waals surface area contributed by atoms with Gasteiger partial charge in [0.25, 0.3) is 0 Å². The Balaban J connectivity index is 1.90. The molecule has 0 spiro atoms. The van der Waals surface area contributed by atoms with Crippen molar-refractivity contribution in [2.75, 3.05) is 0 Å². The largest absolute Gasteiger partial charge is 0.459 e. The Kier molecular flexibility index (Phi) is 3.80. The lowest BCUT2D eigenvalue weighted by Crippen LogP contribution is -2.29. The van der Waals surface area contributed by atoms with E-state index in [4.69, 9.17) is 10.3 Å². The second-order valence-electron chi connectivity index (χ2n) is 5.36. The van der Waals surface area contributed by atoms with Crippen LogP contribution in [-0.2, 0) is 6.42 Å². The average Bonchev–Trinajstić information content (AvgIpc) is 2.99. The van der Waals surface area contributed by atoms with Crippen LogP contribution in [0.5, 0.6) is 0 Å². The Labute approximate surface area is 128 Å². The maximum atomic E-state index is 5.92. The maximum absolute atomic E-state index is 5.92. The van der Waals surface area contributed by atoms with Crippen LogP contribution in [0.1, 0.15) is 32.9 Å². The molecule has 0 aliphatic carbocycles. The van der Waals surface area contributed by atoms with Gasteiger partial charge in [0.2, 0.25) is 0 Å². The SMILES string of the molecule is Cc1ccc2oc(C(Cc3nc(C)c(C)s3)NN)cc2c1. The van der Waals surface area contributed by atoms with E-state index in [1.807, 2.05) is 19.1 Å². The number of nitrogens with two attached hydrogens (primary N) is 1. The van der Waals surface area contributed by atoms with Crippen LogP contribution in [0.3, 0.4) is 0 Å². The topological polar surface area (TPSA) is 64.1 Å². The normalized spacial score (nSPS) is 13.0. The minimum Gasteiger partial charge on any atom is -0.459 e. The van der Waals surface area contributed by atoms with Crippen molar-refractivity contribution >= 4 is 22.3 Å². The number of hydrogen-bond donors (Lipinski definition) is 2. The molecule has 1 unspecified atom stereocenters. The lowest BCUT2D eigenvalue weighted by molar-refractivity contribution is 0.434. The first-order valence-electron chi connectivity index (χ1n) is 6.96. The van der Waals surface area contributed by atoms with Crippen LogP contribution in [0.25, 0.3) is 11.0 Å². The van der Waals surface area contributed by atoms with Gasteiger partial charge in [-0.2, -0.15) is 0 Å². The average molecular weight is 301 g/mol. The molecule has 3 rings (SSSR count). The summed E-state index contributed by atoms with van der Waals surface area (Å²) in [5, 5.41) is 2.18. The first-order valence-corrected chi connectivity index (χ1v) is 7.77. The fourth-order valence-electron chi connectivity index (χ4n) is 2.40. The Morgan fingerprint density at radius 1 is 1.29 bits per heavy atom. The van der Waals surface area contributed by atoms with Crippen LogP contribution in [0.4, 0.5) is 0 Å². The highest BCUT2D eigenvalue weighted by atomic mass is 32.1. The van der Waals surface area contributed by atoms with Gasteiger partial charge < -0.3 is 4.42 Å². The summed E-state index contributed by atoms with van der Waals surface area (Å²) >= 11 is 1.71. The number of hydrazine groups is 1. The van der Waals surface area contributed by atoms with E-state index in [0.29, 0.717) is 0 Å². The van der Waals surface area contributed by atoms with Crippen molar-refractivity contribution in [1.82, 2.24) is 10.4 Å². The third-order valence-electron chi connectivity index (χ3n) is 3.69. The highest BCUT2D eigenvalue weighted by Gasteiger charge is 2.18. The fraction of sp³-hybridized carbons (Fsp3) is 0.312. The number of aromatic nitrogens is 1. The number of fused-ring (bicyclic) bond motifs is 1. The number of furan rings is 1. The molecule has 3 N–H and O–H groups in total. The minimum absolute atomic E-state index is 0.0670. The van der Waals surface area contributed by atoms with Gasteiger partial charge >= 0.3 is 0 Å². The summed E-state index contributed by atoms with van der Waals surface area (Å²) in [5.74, 6) is 6.57. The second-order valence-corrected chi connectivity index (χ2v) is 6.65. The molecule has 2 aromatic heterocycles. The third-order valence-corrected chi connectivity index (χ3v) is 4.78. The highest BCUT2D eigenvalue weighted by molar-refractivity contribution is 7.11. The molecular formula is C16H19N3OS. The maximum Gasteiger partial charge on any atom is 0.134 e. The second kappa shape index (κ2) is 5.60. The number of thiazole rings is 1. The molecule has 0 bridgehead atoms. The molecule has 2 heterocycles. The molecule has 5 heteroatoms. The number of nitrogens with one attached hydrogen (secondary N) is 1. The first-order chi connectivity index (χ1) is 10.1. The van der Waals surface area contributed by atoms with Gasteiger partial charge in [0, 0.05) is 16.7 Å². The van der Waals surface area contributed by atoms with E-state index in [1.54, 1.807) is 11.3 Å². The molecule has 110 valence electrons. The van der Waals surface area contributed by atoms with Crippen molar-refractivity contribution in [3.8, 4) is 0 Å². The highest BCUT2D eigenvalue weighted by Crippen LogP contribution is 2.28. The van der Waals surface area contributed by atoms with E-state index >= 15 is 0 Å². The molecular weight excluding hydrogens is 282 g/mol. The smallest absolute Gasteiger partial charge is 0.134 e. The van der Waals surface area contributed by atoms with E-state index in [1.165, 1.54) is 10.4 Å². The van der Waals surface area contributed by atoms with Crippen molar-refractivity contribution in [1.29, 1.82) is 0 Å². The number of hydrogen-bond acceptors (Lipinski definition) is 5. The Morgan fingerprint density at radius 3 is 2.76 bits per heavy atom. The van der Waals surface area contributed by atoms with E-state index in [2.05, 4.69) is 36.4 Å². The summed E-state index contributed by atoms with van der Waals surface area (Å²) in [6.07, 6.45) is 0.731. The molecule has 21 heavy (non-hydrogen) atoms. The van der Waals surface area contributed by atoms with Crippen LogP contribution in [0, 0.1) is 20.8 Å². The fourth-order valence-corrected chi connectivity index (χ4v) is 3.38. The van der Waals surface area contributed by atoms with Gasteiger partial charge in [-0.1, -0.05) is 11.6 Å². The number of rotatable bonds is 4. The van der Waals surface area contributed by atoms with Gasteiger partial charge in [-0.25, -0.2) is 10.4 Å². The van der Waals surface area contributed by atoms with Crippen molar-refractivity contribution in [3.05, 3.63) is 51.2 Å². The Hall–Kier alpha value is -1.69. The van der Waals surface area contributed by atoms with Crippen molar-refractivity contribution in [2.24, 2.45) is 5.84 Å². The summed E-state index contributed by atoms with van der Waals surface area (Å²) in [6.45, 7) is 6.20. The quantitative estimate of drug-likeness (QED) is 0.571. The van der Waals surface area contributed by atoms with E-state index in [9.17, 15) is 0 Å².